The Balaban J connectivity index is 1.74. The van der Waals surface area contributed by atoms with E-state index in [1.807, 2.05) is 44.2 Å². The fraction of sp³-hybridized carbons (Fsp3) is 0.238. The summed E-state index contributed by atoms with van der Waals surface area (Å²) in [5.74, 6) is 1.63. The number of anilines is 1. The molecule has 6 heteroatoms. The van der Waals surface area contributed by atoms with Gasteiger partial charge in [-0.3, -0.25) is 4.79 Å². The summed E-state index contributed by atoms with van der Waals surface area (Å²) in [7, 11) is 1.61. The standard InChI is InChI=1S/C21H22N2O4/c1-13-5-10-19(14(2)11-13)22-21(24)20-18(15(3)27-23-20)12-26-17-8-6-16(25-4)7-9-17/h5-11H,12H2,1-4H3,(H,22,24). The molecule has 0 atom stereocenters. The molecule has 0 aliphatic heterocycles. The second kappa shape index (κ2) is 7.95. The lowest BCUT2D eigenvalue weighted by Crippen LogP contribution is -2.16. The van der Waals surface area contributed by atoms with E-state index in [9.17, 15) is 4.79 Å². The summed E-state index contributed by atoms with van der Waals surface area (Å²) in [5.41, 5.74) is 3.71. The van der Waals surface area contributed by atoms with Crippen LogP contribution in [0.1, 0.15) is 32.9 Å². The van der Waals surface area contributed by atoms with Crippen molar-refractivity contribution in [1.82, 2.24) is 5.16 Å². The number of ether oxygens (including phenoxy) is 2. The Bertz CT molecular complexity index is 945. The predicted molar refractivity (Wildman–Crippen MR) is 102 cm³/mol. The zero-order chi connectivity index (χ0) is 19.4. The number of rotatable bonds is 6. The molecular formula is C21H22N2O4. The van der Waals surface area contributed by atoms with E-state index in [2.05, 4.69) is 10.5 Å². The van der Waals surface area contributed by atoms with Crippen LogP contribution in [0.25, 0.3) is 0 Å². The number of hydrogen-bond acceptors (Lipinski definition) is 5. The molecule has 1 heterocycles. The highest BCUT2D eigenvalue weighted by Gasteiger charge is 2.21. The lowest BCUT2D eigenvalue weighted by Gasteiger charge is -2.10. The maximum absolute atomic E-state index is 12.7. The molecule has 0 aliphatic carbocycles. The quantitative estimate of drug-likeness (QED) is 0.698. The van der Waals surface area contributed by atoms with Crippen LogP contribution < -0.4 is 14.8 Å². The van der Waals surface area contributed by atoms with Crippen molar-refractivity contribution in [2.75, 3.05) is 12.4 Å². The molecule has 0 spiro atoms. The van der Waals surface area contributed by atoms with Gasteiger partial charge in [-0.2, -0.15) is 0 Å². The molecule has 0 fully saturated rings. The van der Waals surface area contributed by atoms with Gasteiger partial charge in [0, 0.05) is 5.69 Å². The summed E-state index contributed by atoms with van der Waals surface area (Å²) >= 11 is 0. The topological polar surface area (TPSA) is 73.6 Å². The summed E-state index contributed by atoms with van der Waals surface area (Å²) in [6, 6.07) is 13.1. The van der Waals surface area contributed by atoms with Crippen LogP contribution in [0.2, 0.25) is 0 Å². The van der Waals surface area contributed by atoms with Crippen LogP contribution in [0.3, 0.4) is 0 Å². The number of aryl methyl sites for hydroxylation is 3. The van der Waals surface area contributed by atoms with E-state index < -0.39 is 0 Å². The van der Waals surface area contributed by atoms with Gasteiger partial charge in [-0.15, -0.1) is 0 Å². The van der Waals surface area contributed by atoms with Crippen LogP contribution in [0, 0.1) is 20.8 Å². The third-order valence-corrected chi connectivity index (χ3v) is 4.27. The molecular weight excluding hydrogens is 344 g/mol. The van der Waals surface area contributed by atoms with E-state index in [-0.39, 0.29) is 18.2 Å². The number of hydrogen-bond donors (Lipinski definition) is 1. The van der Waals surface area contributed by atoms with E-state index >= 15 is 0 Å². The second-order valence-electron chi connectivity index (χ2n) is 6.30. The molecule has 0 saturated heterocycles. The number of amides is 1. The van der Waals surface area contributed by atoms with Crippen molar-refractivity contribution >= 4 is 11.6 Å². The Kier molecular flexibility index (Phi) is 5.45. The molecule has 1 amide bonds. The van der Waals surface area contributed by atoms with Gasteiger partial charge in [0.1, 0.15) is 23.9 Å². The van der Waals surface area contributed by atoms with Gasteiger partial charge in [-0.1, -0.05) is 22.9 Å². The molecule has 0 bridgehead atoms. The van der Waals surface area contributed by atoms with Crippen molar-refractivity contribution in [3.05, 3.63) is 70.6 Å². The monoisotopic (exact) mass is 366 g/mol. The van der Waals surface area contributed by atoms with Crippen molar-refractivity contribution in [3.63, 3.8) is 0 Å². The highest BCUT2D eigenvalue weighted by atomic mass is 16.5. The number of methoxy groups -OCH3 is 1. The Hall–Kier alpha value is -3.28. The second-order valence-corrected chi connectivity index (χ2v) is 6.30. The lowest BCUT2D eigenvalue weighted by molar-refractivity contribution is 0.101. The molecule has 2 aromatic carbocycles. The number of nitrogens with one attached hydrogen (secondary N) is 1. The van der Waals surface area contributed by atoms with Crippen LogP contribution in [-0.4, -0.2) is 18.2 Å². The predicted octanol–water partition coefficient (Wildman–Crippen LogP) is 4.44. The first-order chi connectivity index (χ1) is 13.0. The molecule has 27 heavy (non-hydrogen) atoms. The Morgan fingerprint density at radius 1 is 1.07 bits per heavy atom. The zero-order valence-electron chi connectivity index (χ0n) is 15.8. The normalized spacial score (nSPS) is 10.5. The van der Waals surface area contributed by atoms with Gasteiger partial charge in [0.05, 0.1) is 12.7 Å². The van der Waals surface area contributed by atoms with Crippen LogP contribution >= 0.6 is 0 Å². The van der Waals surface area contributed by atoms with Gasteiger partial charge in [-0.05, 0) is 56.7 Å². The van der Waals surface area contributed by atoms with Crippen LogP contribution in [0.15, 0.2) is 47.0 Å². The maximum atomic E-state index is 12.7. The minimum Gasteiger partial charge on any atom is -0.497 e. The van der Waals surface area contributed by atoms with Gasteiger partial charge in [0.25, 0.3) is 5.91 Å². The summed E-state index contributed by atoms with van der Waals surface area (Å²) < 4.78 is 16.1. The van der Waals surface area contributed by atoms with Gasteiger partial charge in [0.15, 0.2) is 5.69 Å². The summed E-state index contributed by atoms with van der Waals surface area (Å²) in [6.07, 6.45) is 0. The van der Waals surface area contributed by atoms with Crippen LogP contribution in [-0.2, 0) is 6.61 Å². The van der Waals surface area contributed by atoms with Crippen LogP contribution in [0.5, 0.6) is 11.5 Å². The third kappa shape index (κ3) is 4.28. The molecule has 140 valence electrons. The average molecular weight is 366 g/mol. The smallest absolute Gasteiger partial charge is 0.278 e. The molecule has 1 aromatic heterocycles. The molecule has 1 N–H and O–H groups in total. The molecule has 6 nitrogen and oxygen atoms in total. The van der Waals surface area contributed by atoms with Crippen LogP contribution in [0.4, 0.5) is 5.69 Å². The number of benzene rings is 2. The van der Waals surface area contributed by atoms with Crippen molar-refractivity contribution in [2.24, 2.45) is 0 Å². The average Bonchev–Trinajstić information content (AvgIpc) is 3.03. The maximum Gasteiger partial charge on any atom is 0.278 e. The summed E-state index contributed by atoms with van der Waals surface area (Å²) in [6.45, 7) is 5.89. The van der Waals surface area contributed by atoms with E-state index in [0.29, 0.717) is 17.1 Å². The lowest BCUT2D eigenvalue weighted by atomic mass is 10.1. The fourth-order valence-electron chi connectivity index (χ4n) is 2.70. The van der Waals surface area contributed by atoms with Gasteiger partial charge >= 0.3 is 0 Å². The van der Waals surface area contributed by atoms with Gasteiger partial charge in [0.2, 0.25) is 0 Å². The summed E-state index contributed by atoms with van der Waals surface area (Å²) in [5, 5.41) is 6.80. The molecule has 3 aromatic rings. The fourth-order valence-corrected chi connectivity index (χ4v) is 2.70. The SMILES string of the molecule is COc1ccc(OCc2c(C(=O)Nc3ccc(C)cc3C)noc2C)cc1. The highest BCUT2D eigenvalue weighted by molar-refractivity contribution is 6.04. The molecule has 0 aliphatic rings. The van der Waals surface area contributed by atoms with Crippen molar-refractivity contribution in [1.29, 1.82) is 0 Å². The van der Waals surface area contributed by atoms with Crippen molar-refractivity contribution < 1.29 is 18.8 Å². The van der Waals surface area contributed by atoms with E-state index in [4.69, 9.17) is 14.0 Å². The number of carbonyl (C=O) groups is 1. The Labute approximate surface area is 158 Å². The first-order valence-electron chi connectivity index (χ1n) is 8.58. The van der Waals surface area contributed by atoms with Crippen molar-refractivity contribution in [2.45, 2.75) is 27.4 Å². The Morgan fingerprint density at radius 3 is 2.44 bits per heavy atom. The molecule has 3 rings (SSSR count). The largest absolute Gasteiger partial charge is 0.497 e. The highest BCUT2D eigenvalue weighted by Crippen LogP contribution is 2.22. The molecule has 0 unspecified atom stereocenters. The number of aromatic nitrogens is 1. The first kappa shape index (κ1) is 18.5. The zero-order valence-corrected chi connectivity index (χ0v) is 15.8. The van der Waals surface area contributed by atoms with E-state index in [1.165, 1.54) is 0 Å². The van der Waals surface area contributed by atoms with Crippen molar-refractivity contribution in [3.8, 4) is 11.5 Å². The number of nitrogens with zero attached hydrogens (tertiary/aromatic N) is 1. The number of carbonyl (C=O) groups excluding carboxylic acids is 1. The first-order valence-corrected chi connectivity index (χ1v) is 8.58. The Morgan fingerprint density at radius 2 is 1.78 bits per heavy atom. The van der Waals surface area contributed by atoms with Gasteiger partial charge in [-0.25, -0.2) is 0 Å². The molecule has 0 saturated carbocycles. The van der Waals surface area contributed by atoms with E-state index in [0.717, 1.165) is 22.6 Å². The van der Waals surface area contributed by atoms with Gasteiger partial charge < -0.3 is 19.3 Å². The summed E-state index contributed by atoms with van der Waals surface area (Å²) in [4.78, 5) is 12.7. The molecule has 0 radical (unpaired) electrons. The third-order valence-electron chi connectivity index (χ3n) is 4.27. The minimum atomic E-state index is -0.327. The minimum absolute atomic E-state index is 0.178. The van der Waals surface area contributed by atoms with E-state index in [1.54, 1.807) is 26.2 Å².